The van der Waals surface area contributed by atoms with E-state index in [4.69, 9.17) is 9.47 Å². The molecule has 0 aliphatic carbocycles. The van der Waals surface area contributed by atoms with Crippen LogP contribution in [0.25, 0.3) is 0 Å². The van der Waals surface area contributed by atoms with Crippen molar-refractivity contribution >= 4 is 11.9 Å². The highest BCUT2D eigenvalue weighted by Crippen LogP contribution is 2.41. The number of aliphatic hydroxyl groups excluding tert-OH is 1. The number of hydrogen-bond acceptors (Lipinski definition) is 6. The Bertz CT molecular complexity index is 735. The second kappa shape index (κ2) is 32.7. The summed E-state index contributed by atoms with van der Waals surface area (Å²) in [5.41, 5.74) is 0.116. The second-order valence-electron chi connectivity index (χ2n) is 15.5. The van der Waals surface area contributed by atoms with Crippen molar-refractivity contribution in [2.75, 3.05) is 32.8 Å². The van der Waals surface area contributed by atoms with Crippen LogP contribution < -0.4 is 0 Å². The van der Waals surface area contributed by atoms with Crippen LogP contribution in [-0.2, 0) is 19.1 Å². The molecule has 0 aromatic carbocycles. The van der Waals surface area contributed by atoms with Crippen LogP contribution in [0.2, 0.25) is 0 Å². The Kier molecular flexibility index (Phi) is 30.7. The predicted octanol–water partition coefficient (Wildman–Crippen LogP) is 11.9. The highest BCUT2D eigenvalue weighted by atomic mass is 16.5. The van der Waals surface area contributed by atoms with E-state index in [9.17, 15) is 14.7 Å². The zero-order chi connectivity index (χ0) is 35.7. The summed E-state index contributed by atoms with van der Waals surface area (Å²) in [5, 5.41) is 9.44. The van der Waals surface area contributed by atoms with Gasteiger partial charge in [-0.1, -0.05) is 143 Å². The van der Waals surface area contributed by atoms with E-state index in [1.54, 1.807) is 0 Å². The highest BCUT2D eigenvalue weighted by molar-refractivity contribution is 5.69. The number of carbonyl (C=O) groups excluding carboxylic acids is 2. The fourth-order valence-electron chi connectivity index (χ4n) is 7.64. The van der Waals surface area contributed by atoms with Crippen molar-refractivity contribution in [1.82, 2.24) is 4.90 Å². The number of nitrogens with zero attached hydrogens (tertiary/aromatic N) is 1. The minimum Gasteiger partial charge on any atom is -0.466 e. The van der Waals surface area contributed by atoms with Crippen molar-refractivity contribution in [3.8, 4) is 0 Å². The van der Waals surface area contributed by atoms with E-state index in [1.165, 1.54) is 109 Å². The number of unbranched alkanes of at least 4 members (excludes halogenated alkanes) is 19. The van der Waals surface area contributed by atoms with Gasteiger partial charge in [0.25, 0.3) is 0 Å². The van der Waals surface area contributed by atoms with Crippen molar-refractivity contribution in [2.45, 2.75) is 226 Å². The maximum atomic E-state index is 13.0. The van der Waals surface area contributed by atoms with Gasteiger partial charge in [-0.05, 0) is 82.7 Å². The van der Waals surface area contributed by atoms with Crippen molar-refractivity contribution < 1.29 is 24.2 Å². The number of β-amino-alcohol motifs (C(OH)–C–C–N with tert-alkyl or cyclic N) is 1. The third kappa shape index (κ3) is 26.3. The molecule has 1 aliphatic rings. The molecular weight excluding hydrogens is 610 g/mol. The van der Waals surface area contributed by atoms with Crippen LogP contribution >= 0.6 is 0 Å². The quantitative estimate of drug-likeness (QED) is 0.0526. The van der Waals surface area contributed by atoms with Gasteiger partial charge in [0.15, 0.2) is 0 Å². The summed E-state index contributed by atoms with van der Waals surface area (Å²) in [6.45, 7) is 10.2. The van der Waals surface area contributed by atoms with Crippen LogP contribution in [0.4, 0.5) is 0 Å². The lowest BCUT2D eigenvalue weighted by Gasteiger charge is -2.42. The zero-order valence-electron chi connectivity index (χ0n) is 33.1. The zero-order valence-corrected chi connectivity index (χ0v) is 33.1. The number of ether oxygens (including phenoxy) is 2. The van der Waals surface area contributed by atoms with E-state index in [2.05, 4.69) is 25.7 Å². The summed E-state index contributed by atoms with van der Waals surface area (Å²) in [6.07, 6.45) is 35.5. The standard InChI is InChI=1S/C43H83NO5/c1-4-7-10-13-16-17-18-21-26-39-48-41(46)30-32-43(33-35-44(36-34-43)37-38-45)31-25-24-29-42(47)49-40(27-22-19-14-11-8-5-2)28-23-20-15-12-9-6-3/h40,45H,4-39H2,1-3H3. The molecule has 0 bridgehead atoms. The SMILES string of the molecule is CCCCCCCCCCCOC(=O)CCC1(CCCCC(=O)OC(CCCCCCCC)CCCCCCCC)CCN(CCO)CC1. The maximum absolute atomic E-state index is 13.0. The molecule has 1 fully saturated rings. The number of rotatable bonds is 35. The Morgan fingerprint density at radius 2 is 1.08 bits per heavy atom. The number of carbonyl (C=O) groups is 2. The van der Waals surface area contributed by atoms with Crippen LogP contribution in [0.1, 0.15) is 220 Å². The van der Waals surface area contributed by atoms with Gasteiger partial charge in [0.05, 0.1) is 13.2 Å². The summed E-state index contributed by atoms with van der Waals surface area (Å²) in [5.74, 6) is -0.0732. The first-order valence-electron chi connectivity index (χ1n) is 21.7. The van der Waals surface area contributed by atoms with Crippen LogP contribution in [-0.4, -0.2) is 60.9 Å². The molecule has 0 aromatic heterocycles. The lowest BCUT2D eigenvalue weighted by Crippen LogP contribution is -2.41. The first-order chi connectivity index (χ1) is 24.0. The van der Waals surface area contributed by atoms with Gasteiger partial charge < -0.3 is 19.5 Å². The third-order valence-corrected chi connectivity index (χ3v) is 11.1. The van der Waals surface area contributed by atoms with E-state index in [-0.39, 0.29) is 30.1 Å². The number of esters is 2. The van der Waals surface area contributed by atoms with E-state index in [0.717, 1.165) is 96.7 Å². The van der Waals surface area contributed by atoms with Gasteiger partial charge in [0.2, 0.25) is 0 Å². The first-order valence-corrected chi connectivity index (χ1v) is 21.7. The molecule has 0 aromatic rings. The van der Waals surface area contributed by atoms with Gasteiger partial charge in [0, 0.05) is 19.4 Å². The fourth-order valence-corrected chi connectivity index (χ4v) is 7.64. The molecule has 290 valence electrons. The van der Waals surface area contributed by atoms with Crippen molar-refractivity contribution in [2.24, 2.45) is 5.41 Å². The number of aliphatic hydroxyl groups is 1. The van der Waals surface area contributed by atoms with E-state index >= 15 is 0 Å². The highest BCUT2D eigenvalue weighted by Gasteiger charge is 2.34. The Morgan fingerprint density at radius 1 is 0.592 bits per heavy atom. The molecule has 1 rings (SSSR count). The average molecular weight is 694 g/mol. The van der Waals surface area contributed by atoms with Crippen LogP contribution in [0.15, 0.2) is 0 Å². The van der Waals surface area contributed by atoms with Gasteiger partial charge >= 0.3 is 11.9 Å². The normalized spacial score (nSPS) is 14.8. The minimum atomic E-state index is -0.0536. The van der Waals surface area contributed by atoms with Gasteiger partial charge in [-0.25, -0.2) is 0 Å². The van der Waals surface area contributed by atoms with Crippen LogP contribution in [0.5, 0.6) is 0 Å². The topological polar surface area (TPSA) is 76.1 Å². The average Bonchev–Trinajstić information content (AvgIpc) is 3.10. The molecule has 6 nitrogen and oxygen atoms in total. The monoisotopic (exact) mass is 694 g/mol. The van der Waals surface area contributed by atoms with Crippen molar-refractivity contribution in [1.29, 1.82) is 0 Å². The predicted molar refractivity (Wildman–Crippen MR) is 207 cm³/mol. The van der Waals surface area contributed by atoms with Crippen LogP contribution in [0.3, 0.4) is 0 Å². The molecule has 0 spiro atoms. The lowest BCUT2D eigenvalue weighted by atomic mass is 9.71. The lowest BCUT2D eigenvalue weighted by molar-refractivity contribution is -0.150. The summed E-state index contributed by atoms with van der Waals surface area (Å²) in [4.78, 5) is 28.0. The Balaban J connectivity index is 2.45. The Morgan fingerprint density at radius 3 is 1.59 bits per heavy atom. The molecule has 1 saturated heterocycles. The number of likely N-dealkylation sites (tertiary alicyclic amines) is 1. The van der Waals surface area contributed by atoms with Gasteiger partial charge in [-0.3, -0.25) is 9.59 Å². The molecule has 0 saturated carbocycles. The molecule has 1 heterocycles. The molecule has 0 atom stereocenters. The fraction of sp³-hybridized carbons (Fsp3) is 0.953. The first kappa shape index (κ1) is 45.9. The van der Waals surface area contributed by atoms with Gasteiger partial charge in [0.1, 0.15) is 6.10 Å². The maximum Gasteiger partial charge on any atom is 0.306 e. The van der Waals surface area contributed by atoms with Crippen molar-refractivity contribution in [3.05, 3.63) is 0 Å². The largest absolute Gasteiger partial charge is 0.466 e. The van der Waals surface area contributed by atoms with Crippen molar-refractivity contribution in [3.63, 3.8) is 0 Å². The smallest absolute Gasteiger partial charge is 0.306 e. The number of hydrogen-bond donors (Lipinski definition) is 1. The van der Waals surface area contributed by atoms with E-state index < -0.39 is 0 Å². The molecule has 0 unspecified atom stereocenters. The molecule has 1 N–H and O–H groups in total. The summed E-state index contributed by atoms with van der Waals surface area (Å²) in [7, 11) is 0. The van der Waals surface area contributed by atoms with Crippen LogP contribution in [0, 0.1) is 5.41 Å². The third-order valence-electron chi connectivity index (χ3n) is 11.1. The molecule has 1 aliphatic heterocycles. The van der Waals surface area contributed by atoms with Gasteiger partial charge in [-0.2, -0.15) is 0 Å². The van der Waals surface area contributed by atoms with E-state index in [0.29, 0.717) is 19.4 Å². The molecule has 0 amide bonds. The molecule has 6 heteroatoms. The summed E-state index contributed by atoms with van der Waals surface area (Å²) in [6, 6.07) is 0. The molecule has 49 heavy (non-hydrogen) atoms. The van der Waals surface area contributed by atoms with Gasteiger partial charge in [-0.15, -0.1) is 0 Å². The molecular formula is C43H83NO5. The summed E-state index contributed by atoms with van der Waals surface area (Å²) >= 11 is 0. The Labute approximate surface area is 304 Å². The summed E-state index contributed by atoms with van der Waals surface area (Å²) < 4.78 is 11.8. The van der Waals surface area contributed by atoms with E-state index in [1.807, 2.05) is 0 Å². The number of piperidine rings is 1. The molecule has 0 radical (unpaired) electrons. The minimum absolute atomic E-state index is 0.0196. The second-order valence-corrected chi connectivity index (χ2v) is 15.5. The Hall–Kier alpha value is -1.14.